The Kier molecular flexibility index (Phi) is 7.56. The van der Waals surface area contributed by atoms with Crippen LogP contribution in [0.5, 0.6) is 0 Å². The molecule has 0 unspecified atom stereocenters. The summed E-state index contributed by atoms with van der Waals surface area (Å²) in [6, 6.07) is 0. The van der Waals surface area contributed by atoms with Gasteiger partial charge in [0, 0.05) is 13.0 Å². The molecule has 0 aromatic carbocycles. The van der Waals surface area contributed by atoms with Crippen molar-refractivity contribution < 1.29 is 14.9 Å². The number of rotatable bonds is 11. The molecule has 2 aromatic heterocycles. The first-order valence-electron chi connectivity index (χ1n) is 9.74. The number of ether oxygens (including phenoxy) is 1. The largest absolute Gasteiger partial charge is 0.394 e. The summed E-state index contributed by atoms with van der Waals surface area (Å²) >= 11 is 0. The van der Waals surface area contributed by atoms with E-state index >= 15 is 0 Å². The second-order valence-electron chi connectivity index (χ2n) is 6.88. The van der Waals surface area contributed by atoms with Gasteiger partial charge in [0.2, 0.25) is 0 Å². The third-order valence-electron chi connectivity index (χ3n) is 4.85. The molecule has 0 spiro atoms. The van der Waals surface area contributed by atoms with Crippen molar-refractivity contribution in [2.45, 2.75) is 50.5 Å². The van der Waals surface area contributed by atoms with Crippen LogP contribution >= 0.6 is 0 Å². The molecule has 9 heteroatoms. The van der Waals surface area contributed by atoms with Crippen molar-refractivity contribution in [1.29, 1.82) is 0 Å². The quantitative estimate of drug-likeness (QED) is 0.328. The molecule has 0 saturated carbocycles. The van der Waals surface area contributed by atoms with E-state index in [1.165, 1.54) is 6.33 Å². The number of hydrogen-bond donors (Lipinski definition) is 4. The number of nitrogens with zero attached hydrogens (tertiary/aromatic N) is 4. The highest BCUT2D eigenvalue weighted by atomic mass is 16.5. The van der Waals surface area contributed by atoms with E-state index in [-0.39, 0.29) is 6.61 Å². The van der Waals surface area contributed by atoms with Crippen LogP contribution in [0, 0.1) is 12.3 Å². The maximum Gasteiger partial charge on any atom is 0.167 e. The van der Waals surface area contributed by atoms with Gasteiger partial charge in [-0.2, -0.15) is 0 Å². The molecule has 1 aliphatic heterocycles. The Balaban J connectivity index is 1.50. The van der Waals surface area contributed by atoms with Gasteiger partial charge < -0.3 is 25.6 Å². The molecule has 0 aliphatic carbocycles. The second-order valence-corrected chi connectivity index (χ2v) is 6.88. The summed E-state index contributed by atoms with van der Waals surface area (Å²) in [4.78, 5) is 13.0. The molecule has 0 radical (unpaired) electrons. The smallest absolute Gasteiger partial charge is 0.167 e. The van der Waals surface area contributed by atoms with E-state index in [9.17, 15) is 10.2 Å². The zero-order valence-corrected chi connectivity index (χ0v) is 15.9. The Morgan fingerprint density at radius 1 is 1.21 bits per heavy atom. The fourth-order valence-electron chi connectivity index (χ4n) is 3.34. The van der Waals surface area contributed by atoms with E-state index in [1.807, 2.05) is 0 Å². The molecule has 152 valence electrons. The zero-order chi connectivity index (χ0) is 19.8. The SMILES string of the molecule is C#CCNCCCCCCNc1ncnc2c1ncn2[C@H]1C[C@H](O)[C@@H](CO)O1. The van der Waals surface area contributed by atoms with Crippen molar-refractivity contribution >= 4 is 17.0 Å². The molecule has 1 saturated heterocycles. The molecule has 4 N–H and O–H groups in total. The van der Waals surface area contributed by atoms with Gasteiger partial charge in [-0.05, 0) is 19.4 Å². The Hall–Kier alpha value is -2.25. The van der Waals surface area contributed by atoms with Gasteiger partial charge in [-0.1, -0.05) is 18.8 Å². The molecular weight excluding hydrogens is 360 g/mol. The third kappa shape index (κ3) is 4.97. The first-order valence-corrected chi connectivity index (χ1v) is 9.74. The Bertz CT molecular complexity index is 790. The summed E-state index contributed by atoms with van der Waals surface area (Å²) in [5, 5.41) is 25.7. The molecule has 3 atom stereocenters. The van der Waals surface area contributed by atoms with Crippen molar-refractivity contribution in [3.8, 4) is 12.3 Å². The average Bonchev–Trinajstić information content (AvgIpc) is 3.30. The van der Waals surface area contributed by atoms with Crippen LogP contribution in [0.25, 0.3) is 11.2 Å². The molecule has 0 amide bonds. The van der Waals surface area contributed by atoms with E-state index in [4.69, 9.17) is 11.2 Å². The number of fused-ring (bicyclic) bond motifs is 1. The van der Waals surface area contributed by atoms with Crippen LogP contribution < -0.4 is 10.6 Å². The van der Waals surface area contributed by atoms with Crippen molar-refractivity contribution in [3.05, 3.63) is 12.7 Å². The van der Waals surface area contributed by atoms with E-state index < -0.39 is 18.4 Å². The van der Waals surface area contributed by atoms with Gasteiger partial charge in [-0.15, -0.1) is 6.42 Å². The van der Waals surface area contributed by atoms with Crippen LogP contribution in [0.4, 0.5) is 5.82 Å². The minimum Gasteiger partial charge on any atom is -0.394 e. The maximum atomic E-state index is 9.96. The normalized spacial score (nSPS) is 21.8. The summed E-state index contributed by atoms with van der Waals surface area (Å²) in [6.07, 6.45) is 11.5. The highest BCUT2D eigenvalue weighted by molar-refractivity contribution is 5.82. The van der Waals surface area contributed by atoms with E-state index in [2.05, 4.69) is 31.5 Å². The van der Waals surface area contributed by atoms with Gasteiger partial charge in [-0.25, -0.2) is 15.0 Å². The maximum absolute atomic E-state index is 9.96. The Morgan fingerprint density at radius 2 is 2.04 bits per heavy atom. The molecule has 28 heavy (non-hydrogen) atoms. The number of aliphatic hydroxyl groups excluding tert-OH is 2. The van der Waals surface area contributed by atoms with Crippen molar-refractivity contribution in [2.75, 3.05) is 31.6 Å². The second kappa shape index (κ2) is 10.3. The van der Waals surface area contributed by atoms with Crippen LogP contribution in [-0.4, -0.2) is 68.2 Å². The Morgan fingerprint density at radius 3 is 2.79 bits per heavy atom. The van der Waals surface area contributed by atoms with Gasteiger partial charge >= 0.3 is 0 Å². The van der Waals surface area contributed by atoms with Gasteiger partial charge in [0.25, 0.3) is 0 Å². The summed E-state index contributed by atoms with van der Waals surface area (Å²) in [6.45, 7) is 2.17. The predicted molar refractivity (Wildman–Crippen MR) is 106 cm³/mol. The molecule has 2 aromatic rings. The van der Waals surface area contributed by atoms with Crippen LogP contribution in [0.3, 0.4) is 0 Å². The lowest BCUT2D eigenvalue weighted by molar-refractivity contribution is -0.0432. The summed E-state index contributed by atoms with van der Waals surface area (Å²) in [5.41, 5.74) is 1.32. The van der Waals surface area contributed by atoms with Gasteiger partial charge in [0.05, 0.1) is 25.6 Å². The number of aromatic nitrogens is 4. The molecule has 3 heterocycles. The minimum absolute atomic E-state index is 0.216. The number of hydrogen-bond acceptors (Lipinski definition) is 8. The highest BCUT2D eigenvalue weighted by Gasteiger charge is 2.35. The third-order valence-corrected chi connectivity index (χ3v) is 4.85. The van der Waals surface area contributed by atoms with Gasteiger partial charge in [0.1, 0.15) is 18.7 Å². The summed E-state index contributed by atoms with van der Waals surface area (Å²) in [5.74, 6) is 3.26. The summed E-state index contributed by atoms with van der Waals surface area (Å²) < 4.78 is 7.48. The lowest BCUT2D eigenvalue weighted by Gasteiger charge is -2.13. The minimum atomic E-state index is -0.700. The molecular formula is C19H28N6O3. The molecule has 9 nitrogen and oxygen atoms in total. The average molecular weight is 388 g/mol. The first-order chi connectivity index (χ1) is 13.7. The standard InChI is InChI=1S/C19H28N6O3/c1-2-7-20-8-5-3-4-6-9-21-18-17-19(23-12-22-18)25(13-24-17)16-10-14(27)15(11-26)28-16/h1,12-16,20,26-27H,3-11H2,(H,21,22,23)/t14-,15+,16+/m0/s1. The fraction of sp³-hybridized carbons (Fsp3) is 0.632. The number of nitrogens with one attached hydrogen (secondary N) is 2. The van der Waals surface area contributed by atoms with Crippen LogP contribution in [-0.2, 0) is 4.74 Å². The van der Waals surface area contributed by atoms with Crippen LogP contribution in [0.1, 0.15) is 38.3 Å². The summed E-state index contributed by atoms with van der Waals surface area (Å²) in [7, 11) is 0. The monoisotopic (exact) mass is 388 g/mol. The lowest BCUT2D eigenvalue weighted by Crippen LogP contribution is -2.24. The van der Waals surface area contributed by atoms with Gasteiger partial charge in [0.15, 0.2) is 17.0 Å². The van der Waals surface area contributed by atoms with Crippen molar-refractivity contribution in [1.82, 2.24) is 24.8 Å². The lowest BCUT2D eigenvalue weighted by atomic mass is 10.2. The van der Waals surface area contributed by atoms with Gasteiger partial charge in [-0.3, -0.25) is 4.57 Å². The molecule has 3 rings (SSSR count). The number of terminal acetylenes is 1. The predicted octanol–water partition coefficient (Wildman–Crippen LogP) is 0.662. The Labute approximate surface area is 164 Å². The molecule has 1 aliphatic rings. The van der Waals surface area contributed by atoms with Crippen molar-refractivity contribution in [3.63, 3.8) is 0 Å². The first kappa shape index (κ1) is 20.5. The van der Waals surface area contributed by atoms with E-state index in [0.717, 1.165) is 38.8 Å². The number of unbranched alkanes of at least 4 members (excludes halogenated alkanes) is 3. The number of aliphatic hydroxyl groups is 2. The van der Waals surface area contributed by atoms with E-state index in [0.29, 0.717) is 29.9 Å². The number of anilines is 1. The van der Waals surface area contributed by atoms with Crippen LogP contribution in [0.2, 0.25) is 0 Å². The fourth-order valence-corrected chi connectivity index (χ4v) is 3.34. The highest BCUT2D eigenvalue weighted by Crippen LogP contribution is 2.31. The zero-order valence-electron chi connectivity index (χ0n) is 15.9. The molecule has 0 bridgehead atoms. The molecule has 1 fully saturated rings. The topological polar surface area (TPSA) is 117 Å². The van der Waals surface area contributed by atoms with Crippen LogP contribution in [0.15, 0.2) is 12.7 Å². The number of imidazole rings is 1. The van der Waals surface area contributed by atoms with Crippen molar-refractivity contribution in [2.24, 2.45) is 0 Å². The van der Waals surface area contributed by atoms with E-state index in [1.54, 1.807) is 10.9 Å².